The van der Waals surface area contributed by atoms with Gasteiger partial charge >= 0.3 is 17.9 Å². The highest BCUT2D eigenvalue weighted by molar-refractivity contribution is 5.84. The summed E-state index contributed by atoms with van der Waals surface area (Å²) < 4.78 is 11.1. The van der Waals surface area contributed by atoms with E-state index in [1.165, 1.54) is 0 Å². The summed E-state index contributed by atoms with van der Waals surface area (Å²) in [5.41, 5.74) is 0. The molecule has 0 aliphatic rings. The van der Waals surface area contributed by atoms with Crippen molar-refractivity contribution in [2.75, 3.05) is 53.1 Å². The fourth-order valence-corrected chi connectivity index (χ4v) is 4.72. The Morgan fingerprint density at radius 2 is 0.941 bits per heavy atom. The van der Waals surface area contributed by atoms with E-state index in [2.05, 4.69) is 26.6 Å². The molecule has 0 spiro atoms. The van der Waals surface area contributed by atoms with Crippen molar-refractivity contribution < 1.29 is 58.4 Å². The van der Waals surface area contributed by atoms with Crippen LogP contribution in [0.25, 0.3) is 0 Å². The standard InChI is InChI=1S/C34H61N5O12/c1-35-26(33(46)47)12-6-7-19-36-29(41)17-18-30(42)38-21-11-25-51-23-9-8-22-50-24-10-20-37-28(40)16-15-27(34(48)49)39-31(43)13-4-2-3-5-14-32(44)45/h26-27,35H,2-25H2,1H3,(H,36,41)(H,37,40)(H,38,42)(H,39,43)(H,44,45)(H,46,47)(H,48,49)/t26-,27-/m0/s1. The molecule has 0 unspecified atom stereocenters. The number of amides is 4. The molecule has 0 bridgehead atoms. The second-order valence-corrected chi connectivity index (χ2v) is 12.2. The van der Waals surface area contributed by atoms with E-state index >= 15 is 0 Å². The van der Waals surface area contributed by atoms with Gasteiger partial charge in [-0.3, -0.25) is 28.8 Å². The number of hydrogen-bond donors (Lipinski definition) is 8. The molecule has 4 amide bonds. The minimum atomic E-state index is -1.21. The zero-order chi connectivity index (χ0) is 38.1. The molecule has 17 nitrogen and oxygen atoms in total. The van der Waals surface area contributed by atoms with E-state index in [4.69, 9.17) is 19.7 Å². The molecule has 0 fully saturated rings. The third kappa shape index (κ3) is 30.7. The van der Waals surface area contributed by atoms with Gasteiger partial charge in [0.1, 0.15) is 12.1 Å². The summed E-state index contributed by atoms with van der Waals surface area (Å²) in [6.45, 7) is 3.33. The van der Waals surface area contributed by atoms with Gasteiger partial charge in [-0.15, -0.1) is 0 Å². The Hall–Kier alpha value is -3.83. The number of ether oxygens (including phenoxy) is 2. The maximum atomic E-state index is 12.1. The van der Waals surface area contributed by atoms with Gasteiger partial charge in [0.2, 0.25) is 23.6 Å². The Morgan fingerprint density at radius 1 is 0.471 bits per heavy atom. The molecule has 0 aliphatic heterocycles. The third-order valence-electron chi connectivity index (χ3n) is 7.71. The Labute approximate surface area is 300 Å². The summed E-state index contributed by atoms with van der Waals surface area (Å²) >= 11 is 0. The van der Waals surface area contributed by atoms with Gasteiger partial charge in [0.15, 0.2) is 0 Å². The molecule has 51 heavy (non-hydrogen) atoms. The number of hydrogen-bond acceptors (Lipinski definition) is 10. The molecule has 0 aromatic carbocycles. The Morgan fingerprint density at radius 3 is 1.43 bits per heavy atom. The SMILES string of the molecule is CN[C@@H](CCCCNC(=O)CCC(=O)NCCCOCCCCOCCCNC(=O)CC[C@H](NC(=O)CCCCCCC(=O)O)C(=O)O)C(=O)O. The van der Waals surface area contributed by atoms with E-state index in [1.807, 2.05) is 0 Å². The van der Waals surface area contributed by atoms with E-state index in [1.54, 1.807) is 7.05 Å². The first-order valence-electron chi connectivity index (χ1n) is 18.1. The zero-order valence-corrected chi connectivity index (χ0v) is 30.1. The van der Waals surface area contributed by atoms with E-state index in [0.29, 0.717) is 104 Å². The average molecular weight is 732 g/mol. The largest absolute Gasteiger partial charge is 0.481 e. The second-order valence-electron chi connectivity index (χ2n) is 12.2. The van der Waals surface area contributed by atoms with Crippen molar-refractivity contribution in [2.45, 2.75) is 121 Å². The maximum Gasteiger partial charge on any atom is 0.326 e. The van der Waals surface area contributed by atoms with Crippen molar-refractivity contribution in [3.8, 4) is 0 Å². The number of likely N-dealkylation sites (N-methyl/N-ethyl adjacent to an activating group) is 1. The summed E-state index contributed by atoms with van der Waals surface area (Å²) in [6, 6.07) is -1.75. The lowest BCUT2D eigenvalue weighted by Crippen LogP contribution is -2.41. The van der Waals surface area contributed by atoms with Crippen LogP contribution in [0.4, 0.5) is 0 Å². The van der Waals surface area contributed by atoms with Crippen molar-refractivity contribution in [3.63, 3.8) is 0 Å². The van der Waals surface area contributed by atoms with Gasteiger partial charge in [0.25, 0.3) is 0 Å². The lowest BCUT2D eigenvalue weighted by molar-refractivity contribution is -0.142. The molecule has 0 radical (unpaired) electrons. The number of aliphatic carboxylic acids is 3. The van der Waals surface area contributed by atoms with Crippen LogP contribution >= 0.6 is 0 Å². The van der Waals surface area contributed by atoms with Gasteiger partial charge < -0.3 is 51.4 Å². The van der Waals surface area contributed by atoms with E-state index in [9.17, 15) is 38.7 Å². The summed E-state index contributed by atoms with van der Waals surface area (Å²) in [6.07, 6.45) is 7.42. The fraction of sp³-hybridized carbons (Fsp3) is 0.794. The average Bonchev–Trinajstić information content (AvgIpc) is 3.08. The molecule has 0 rings (SSSR count). The van der Waals surface area contributed by atoms with Crippen molar-refractivity contribution in [3.05, 3.63) is 0 Å². The highest BCUT2D eigenvalue weighted by Gasteiger charge is 2.21. The lowest BCUT2D eigenvalue weighted by Gasteiger charge is -2.14. The van der Waals surface area contributed by atoms with Gasteiger partial charge in [-0.05, 0) is 71.3 Å². The number of carboxylic acid groups (broad SMARTS) is 3. The zero-order valence-electron chi connectivity index (χ0n) is 30.1. The number of carbonyl (C=O) groups excluding carboxylic acids is 4. The van der Waals surface area contributed by atoms with Crippen LogP contribution in [-0.2, 0) is 43.0 Å². The van der Waals surface area contributed by atoms with Crippen LogP contribution in [0.3, 0.4) is 0 Å². The van der Waals surface area contributed by atoms with Gasteiger partial charge in [0.05, 0.1) is 0 Å². The first-order valence-corrected chi connectivity index (χ1v) is 18.1. The minimum absolute atomic E-state index is 0.0288. The van der Waals surface area contributed by atoms with Crippen molar-refractivity contribution in [1.29, 1.82) is 0 Å². The molecule has 0 saturated heterocycles. The summed E-state index contributed by atoms with van der Waals surface area (Å²) in [5.74, 6) is -4.10. The van der Waals surface area contributed by atoms with E-state index in [-0.39, 0.29) is 56.2 Å². The van der Waals surface area contributed by atoms with Crippen molar-refractivity contribution in [1.82, 2.24) is 26.6 Å². The van der Waals surface area contributed by atoms with Gasteiger partial charge in [-0.25, -0.2) is 4.79 Å². The molecule has 8 N–H and O–H groups in total. The van der Waals surface area contributed by atoms with Crippen LogP contribution in [-0.4, -0.2) is 122 Å². The molecule has 0 saturated carbocycles. The Balaban J connectivity index is 3.64. The smallest absolute Gasteiger partial charge is 0.326 e. The number of carbonyl (C=O) groups is 7. The summed E-state index contributed by atoms with van der Waals surface area (Å²) in [4.78, 5) is 80.9. The number of rotatable bonds is 35. The van der Waals surface area contributed by atoms with Gasteiger partial charge in [-0.1, -0.05) is 12.8 Å². The number of carboxylic acids is 3. The predicted octanol–water partition coefficient (Wildman–Crippen LogP) is 1.33. The van der Waals surface area contributed by atoms with E-state index < -0.39 is 35.9 Å². The quantitative estimate of drug-likeness (QED) is 0.0429. The highest BCUT2D eigenvalue weighted by atomic mass is 16.5. The maximum absolute atomic E-state index is 12.1. The Bertz CT molecular complexity index is 1030. The van der Waals surface area contributed by atoms with Crippen LogP contribution in [0.15, 0.2) is 0 Å². The van der Waals surface area contributed by atoms with Gasteiger partial charge in [0, 0.05) is 78.2 Å². The molecule has 0 aromatic heterocycles. The van der Waals surface area contributed by atoms with Crippen LogP contribution < -0.4 is 26.6 Å². The highest BCUT2D eigenvalue weighted by Crippen LogP contribution is 2.07. The third-order valence-corrected chi connectivity index (χ3v) is 7.71. The van der Waals surface area contributed by atoms with E-state index in [0.717, 1.165) is 12.8 Å². The Kier molecular flexibility index (Phi) is 29.7. The monoisotopic (exact) mass is 731 g/mol. The number of unbranched alkanes of at least 4 members (excludes halogenated alkanes) is 5. The normalized spacial score (nSPS) is 12.0. The summed E-state index contributed by atoms with van der Waals surface area (Å²) in [7, 11) is 1.60. The first-order chi connectivity index (χ1) is 24.5. The molecule has 2 atom stereocenters. The molecule has 0 heterocycles. The molecule has 0 aliphatic carbocycles. The second kappa shape index (κ2) is 32.1. The predicted molar refractivity (Wildman–Crippen MR) is 187 cm³/mol. The van der Waals surface area contributed by atoms with Crippen molar-refractivity contribution >= 4 is 41.5 Å². The first kappa shape index (κ1) is 47.2. The molecule has 0 aromatic rings. The molecule has 294 valence electrons. The fourth-order valence-electron chi connectivity index (χ4n) is 4.72. The van der Waals surface area contributed by atoms with Crippen LogP contribution in [0.2, 0.25) is 0 Å². The lowest BCUT2D eigenvalue weighted by atomic mass is 10.1. The molecular weight excluding hydrogens is 670 g/mol. The van der Waals surface area contributed by atoms with Gasteiger partial charge in [-0.2, -0.15) is 0 Å². The van der Waals surface area contributed by atoms with Crippen LogP contribution in [0.1, 0.15) is 109 Å². The number of nitrogens with one attached hydrogen (secondary N) is 5. The van der Waals surface area contributed by atoms with Crippen molar-refractivity contribution in [2.24, 2.45) is 0 Å². The van der Waals surface area contributed by atoms with Crippen LogP contribution in [0.5, 0.6) is 0 Å². The minimum Gasteiger partial charge on any atom is -0.481 e. The van der Waals surface area contributed by atoms with Crippen LogP contribution in [0, 0.1) is 0 Å². The molecular formula is C34H61N5O12. The topological polar surface area (TPSA) is 259 Å². The molecule has 17 heteroatoms. The summed E-state index contributed by atoms with van der Waals surface area (Å²) in [5, 5.41) is 40.4.